The van der Waals surface area contributed by atoms with Crippen molar-refractivity contribution in [3.05, 3.63) is 71.6 Å². The normalized spacial score (nSPS) is 11.5. The Balaban J connectivity index is 1.63. The molecule has 0 saturated carbocycles. The number of nitrogens with two attached hydrogens (primary N) is 1. The summed E-state index contributed by atoms with van der Waals surface area (Å²) in [5.74, 6) is 0.934. The largest absolute Gasteiger partial charge is 0.444 e. The molecule has 3 aromatic rings. The van der Waals surface area contributed by atoms with Gasteiger partial charge >= 0.3 is 0 Å². The number of rotatable bonds is 4. The van der Waals surface area contributed by atoms with Crippen molar-refractivity contribution in [3.63, 3.8) is 0 Å². The number of hydrogen-bond donors (Lipinski definition) is 2. The van der Waals surface area contributed by atoms with Crippen LogP contribution in [-0.2, 0) is 6.54 Å². The van der Waals surface area contributed by atoms with Crippen LogP contribution >= 0.6 is 0 Å². The predicted octanol–water partition coefficient (Wildman–Crippen LogP) is 3.89. The molecule has 0 saturated heterocycles. The van der Waals surface area contributed by atoms with E-state index in [1.165, 1.54) is 11.1 Å². The van der Waals surface area contributed by atoms with Gasteiger partial charge in [0.1, 0.15) is 12.0 Å². The summed E-state index contributed by atoms with van der Waals surface area (Å²) in [6, 6.07) is 16.0. The van der Waals surface area contributed by atoms with Gasteiger partial charge in [-0.25, -0.2) is 9.98 Å². The average Bonchev–Trinajstić information content (AvgIpc) is 3.05. The number of nitrogens with one attached hydrogen (secondary N) is 1. The summed E-state index contributed by atoms with van der Waals surface area (Å²) in [5.41, 5.74) is 10.9. The van der Waals surface area contributed by atoms with Crippen molar-refractivity contribution in [1.29, 1.82) is 0 Å². The van der Waals surface area contributed by atoms with E-state index in [4.69, 9.17) is 10.2 Å². The molecule has 122 valence electrons. The lowest BCUT2D eigenvalue weighted by atomic mass is 10.1. The molecule has 0 atom stereocenters. The Bertz CT molecular complexity index is 833. The highest BCUT2D eigenvalue weighted by molar-refractivity contribution is 5.92. The molecular weight excluding hydrogens is 300 g/mol. The maximum Gasteiger partial charge on any atom is 0.226 e. The van der Waals surface area contributed by atoms with Gasteiger partial charge in [0.15, 0.2) is 5.96 Å². The summed E-state index contributed by atoms with van der Waals surface area (Å²) in [4.78, 5) is 8.74. The Kier molecular flexibility index (Phi) is 4.61. The van der Waals surface area contributed by atoms with Crippen LogP contribution in [-0.4, -0.2) is 10.9 Å². The lowest BCUT2D eigenvalue weighted by Crippen LogP contribution is -2.22. The first-order chi connectivity index (χ1) is 11.6. The molecule has 0 aliphatic heterocycles. The SMILES string of the molecule is Cc1ccc(NC(N)=NCc2coc(-c3ccc(C)cc3)n2)cc1. The van der Waals surface area contributed by atoms with Gasteiger partial charge in [0.25, 0.3) is 0 Å². The van der Waals surface area contributed by atoms with Gasteiger partial charge in [-0.05, 0) is 38.1 Å². The number of guanidine groups is 1. The predicted molar refractivity (Wildman–Crippen MR) is 96.8 cm³/mol. The molecule has 0 radical (unpaired) electrons. The second-order valence-corrected chi connectivity index (χ2v) is 5.70. The van der Waals surface area contributed by atoms with Crippen molar-refractivity contribution in [1.82, 2.24) is 4.98 Å². The van der Waals surface area contributed by atoms with E-state index in [1.54, 1.807) is 6.26 Å². The standard InChI is InChI=1S/C19H20N4O/c1-13-3-7-15(8-4-13)18-22-17(12-24-18)11-21-19(20)23-16-9-5-14(2)6-10-16/h3-10,12H,11H2,1-2H3,(H3,20,21,23). The van der Waals surface area contributed by atoms with E-state index in [2.05, 4.69) is 15.3 Å². The van der Waals surface area contributed by atoms with Gasteiger partial charge in [-0.3, -0.25) is 0 Å². The second kappa shape index (κ2) is 7.00. The monoisotopic (exact) mass is 320 g/mol. The van der Waals surface area contributed by atoms with E-state index < -0.39 is 0 Å². The zero-order chi connectivity index (χ0) is 16.9. The first-order valence-corrected chi connectivity index (χ1v) is 7.75. The lowest BCUT2D eigenvalue weighted by Gasteiger charge is -2.05. The van der Waals surface area contributed by atoms with Crippen LogP contribution < -0.4 is 11.1 Å². The van der Waals surface area contributed by atoms with E-state index in [0.717, 1.165) is 16.9 Å². The van der Waals surface area contributed by atoms with Gasteiger partial charge in [-0.2, -0.15) is 0 Å². The van der Waals surface area contributed by atoms with Crippen molar-refractivity contribution in [2.45, 2.75) is 20.4 Å². The number of nitrogens with zero attached hydrogens (tertiary/aromatic N) is 2. The van der Waals surface area contributed by atoms with E-state index in [9.17, 15) is 0 Å². The Morgan fingerprint density at radius 1 is 1.04 bits per heavy atom. The number of aromatic nitrogens is 1. The van der Waals surface area contributed by atoms with Gasteiger partial charge < -0.3 is 15.5 Å². The highest BCUT2D eigenvalue weighted by Crippen LogP contribution is 2.19. The number of anilines is 1. The number of aliphatic imine (C=N–C) groups is 1. The molecule has 1 heterocycles. The smallest absolute Gasteiger partial charge is 0.226 e. The van der Waals surface area contributed by atoms with Crippen LogP contribution in [0.2, 0.25) is 0 Å². The zero-order valence-electron chi connectivity index (χ0n) is 13.8. The third-order valence-corrected chi connectivity index (χ3v) is 3.59. The van der Waals surface area contributed by atoms with Crippen LogP contribution in [0.4, 0.5) is 5.69 Å². The van der Waals surface area contributed by atoms with E-state index in [1.807, 2.05) is 62.4 Å². The summed E-state index contributed by atoms with van der Waals surface area (Å²) >= 11 is 0. The zero-order valence-corrected chi connectivity index (χ0v) is 13.8. The molecule has 0 aliphatic rings. The molecule has 0 amide bonds. The fraction of sp³-hybridized carbons (Fsp3) is 0.158. The van der Waals surface area contributed by atoms with E-state index >= 15 is 0 Å². The van der Waals surface area contributed by atoms with Gasteiger partial charge in [-0.1, -0.05) is 35.4 Å². The first-order valence-electron chi connectivity index (χ1n) is 7.75. The van der Waals surface area contributed by atoms with E-state index in [0.29, 0.717) is 18.4 Å². The van der Waals surface area contributed by atoms with Crippen molar-refractivity contribution < 1.29 is 4.42 Å². The maximum absolute atomic E-state index is 5.91. The number of aryl methyl sites for hydroxylation is 2. The molecule has 2 aromatic carbocycles. The van der Waals surface area contributed by atoms with Crippen LogP contribution in [0.25, 0.3) is 11.5 Å². The highest BCUT2D eigenvalue weighted by Gasteiger charge is 2.06. The molecule has 3 rings (SSSR count). The van der Waals surface area contributed by atoms with Crippen molar-refractivity contribution in [2.24, 2.45) is 10.7 Å². The molecule has 0 bridgehead atoms. The van der Waals surface area contributed by atoms with E-state index in [-0.39, 0.29) is 0 Å². The molecule has 24 heavy (non-hydrogen) atoms. The first kappa shape index (κ1) is 15.8. The van der Waals surface area contributed by atoms with Crippen LogP contribution in [0.3, 0.4) is 0 Å². The third-order valence-electron chi connectivity index (χ3n) is 3.59. The number of hydrogen-bond acceptors (Lipinski definition) is 3. The summed E-state index contributed by atoms with van der Waals surface area (Å²) in [5, 5.41) is 3.05. The lowest BCUT2D eigenvalue weighted by molar-refractivity contribution is 0.572. The molecule has 5 heteroatoms. The summed E-state index contributed by atoms with van der Waals surface area (Å²) in [7, 11) is 0. The minimum atomic E-state index is 0.346. The maximum atomic E-state index is 5.91. The molecule has 1 aromatic heterocycles. The minimum Gasteiger partial charge on any atom is -0.444 e. The summed E-state index contributed by atoms with van der Waals surface area (Å²) in [6.07, 6.45) is 1.61. The average molecular weight is 320 g/mol. The Labute approximate surface area is 141 Å². The molecule has 0 unspecified atom stereocenters. The molecule has 3 N–H and O–H groups in total. The Morgan fingerprint density at radius 2 is 1.67 bits per heavy atom. The topological polar surface area (TPSA) is 76.4 Å². The quantitative estimate of drug-likeness (QED) is 0.565. The summed E-state index contributed by atoms with van der Waals surface area (Å²) in [6.45, 7) is 4.45. The van der Waals surface area contributed by atoms with Gasteiger partial charge in [0.05, 0.1) is 6.54 Å². The van der Waals surface area contributed by atoms with Crippen molar-refractivity contribution in [2.75, 3.05) is 5.32 Å². The molecule has 0 aliphatic carbocycles. The number of oxazole rings is 1. The van der Waals surface area contributed by atoms with Crippen LogP contribution in [0.1, 0.15) is 16.8 Å². The molecule has 0 spiro atoms. The fourth-order valence-corrected chi connectivity index (χ4v) is 2.20. The fourth-order valence-electron chi connectivity index (χ4n) is 2.20. The minimum absolute atomic E-state index is 0.346. The number of benzene rings is 2. The van der Waals surface area contributed by atoms with Crippen LogP contribution in [0, 0.1) is 13.8 Å². The van der Waals surface area contributed by atoms with Crippen LogP contribution in [0.15, 0.2) is 64.2 Å². The van der Waals surface area contributed by atoms with Crippen molar-refractivity contribution in [3.8, 4) is 11.5 Å². The van der Waals surface area contributed by atoms with Gasteiger partial charge in [0.2, 0.25) is 5.89 Å². The van der Waals surface area contributed by atoms with Gasteiger partial charge in [0, 0.05) is 11.3 Å². The Hall–Kier alpha value is -3.08. The third kappa shape index (κ3) is 4.01. The van der Waals surface area contributed by atoms with Crippen LogP contribution in [0.5, 0.6) is 0 Å². The van der Waals surface area contributed by atoms with Crippen molar-refractivity contribution >= 4 is 11.6 Å². The van der Waals surface area contributed by atoms with Gasteiger partial charge in [-0.15, -0.1) is 0 Å². The second-order valence-electron chi connectivity index (χ2n) is 5.70. The molecule has 0 fully saturated rings. The summed E-state index contributed by atoms with van der Waals surface area (Å²) < 4.78 is 5.51. The molecular formula is C19H20N4O. The Morgan fingerprint density at radius 3 is 2.33 bits per heavy atom. The highest BCUT2D eigenvalue weighted by atomic mass is 16.3. The molecule has 5 nitrogen and oxygen atoms in total.